The van der Waals surface area contributed by atoms with E-state index < -0.39 is 5.60 Å². The summed E-state index contributed by atoms with van der Waals surface area (Å²) in [6.07, 6.45) is 1.83. The third-order valence-electron chi connectivity index (χ3n) is 2.91. The first-order valence-electron chi connectivity index (χ1n) is 6.25. The van der Waals surface area contributed by atoms with Crippen LogP contribution in [0.3, 0.4) is 0 Å². The molecule has 0 spiro atoms. The molecule has 0 aliphatic heterocycles. The number of thiazole rings is 1. The number of aromatic nitrogens is 1. The molecule has 0 aliphatic carbocycles. The lowest BCUT2D eigenvalue weighted by atomic mass is 10.0. The molecule has 1 aromatic rings. The Morgan fingerprint density at radius 1 is 1.47 bits per heavy atom. The number of hydrogen-bond donors (Lipinski definition) is 2. The maximum Gasteiger partial charge on any atom is 0.0900 e. The third-order valence-corrected chi connectivity index (χ3v) is 4.17. The molecule has 98 valence electrons. The molecule has 2 atom stereocenters. The summed E-state index contributed by atoms with van der Waals surface area (Å²) in [5, 5.41) is 14.6. The highest BCUT2D eigenvalue weighted by Gasteiger charge is 2.21. The van der Waals surface area contributed by atoms with Crippen LogP contribution in [0.4, 0.5) is 0 Å². The maximum atomic E-state index is 10.1. The minimum Gasteiger partial charge on any atom is -0.389 e. The van der Waals surface area contributed by atoms with Gasteiger partial charge in [-0.3, -0.25) is 0 Å². The van der Waals surface area contributed by atoms with Crippen molar-refractivity contribution in [1.29, 1.82) is 0 Å². The van der Waals surface area contributed by atoms with E-state index in [1.807, 2.05) is 20.8 Å². The van der Waals surface area contributed by atoms with Crippen LogP contribution >= 0.6 is 11.3 Å². The molecular weight excluding hydrogens is 232 g/mol. The average molecular weight is 256 g/mol. The minimum atomic E-state index is -0.614. The molecule has 2 unspecified atom stereocenters. The monoisotopic (exact) mass is 256 g/mol. The van der Waals surface area contributed by atoms with Crippen molar-refractivity contribution in [2.45, 2.75) is 59.1 Å². The first-order chi connectivity index (χ1) is 7.85. The second kappa shape index (κ2) is 5.94. The Kier molecular flexibility index (Phi) is 5.10. The van der Waals surface area contributed by atoms with Crippen LogP contribution in [0.1, 0.15) is 55.2 Å². The van der Waals surface area contributed by atoms with Gasteiger partial charge in [0.15, 0.2) is 0 Å². The van der Waals surface area contributed by atoms with Gasteiger partial charge in [0, 0.05) is 17.5 Å². The van der Waals surface area contributed by atoms with Crippen LogP contribution in [0.15, 0.2) is 0 Å². The van der Waals surface area contributed by atoms with Crippen LogP contribution in [0, 0.1) is 13.8 Å². The summed E-state index contributed by atoms with van der Waals surface area (Å²) in [5.74, 6) is 0. The molecule has 0 aromatic carbocycles. The molecule has 0 fully saturated rings. The second-order valence-corrected chi connectivity index (χ2v) is 6.27. The number of rotatable bonds is 6. The summed E-state index contributed by atoms with van der Waals surface area (Å²) < 4.78 is 0. The largest absolute Gasteiger partial charge is 0.389 e. The van der Waals surface area contributed by atoms with Gasteiger partial charge in [0.1, 0.15) is 0 Å². The smallest absolute Gasteiger partial charge is 0.0900 e. The van der Waals surface area contributed by atoms with Crippen LogP contribution in [0.5, 0.6) is 0 Å². The topological polar surface area (TPSA) is 45.1 Å². The molecule has 0 bridgehead atoms. The van der Waals surface area contributed by atoms with Crippen molar-refractivity contribution >= 4 is 11.3 Å². The van der Waals surface area contributed by atoms with E-state index in [2.05, 4.69) is 24.1 Å². The predicted molar refractivity (Wildman–Crippen MR) is 73.5 cm³/mol. The van der Waals surface area contributed by atoms with Gasteiger partial charge >= 0.3 is 0 Å². The van der Waals surface area contributed by atoms with E-state index >= 15 is 0 Å². The summed E-state index contributed by atoms with van der Waals surface area (Å²) in [4.78, 5) is 5.70. The van der Waals surface area contributed by atoms with Gasteiger partial charge in [0.25, 0.3) is 0 Å². The van der Waals surface area contributed by atoms with Gasteiger partial charge in [-0.15, -0.1) is 11.3 Å². The lowest BCUT2D eigenvalue weighted by Gasteiger charge is -2.25. The van der Waals surface area contributed by atoms with Crippen LogP contribution in [-0.4, -0.2) is 22.2 Å². The SMILES string of the molecule is CCCC(C)(O)CNC(C)c1sc(C)nc1C. The number of nitrogens with zero attached hydrogens (tertiary/aromatic N) is 1. The van der Waals surface area contributed by atoms with E-state index in [9.17, 15) is 5.11 Å². The molecule has 1 rings (SSSR count). The van der Waals surface area contributed by atoms with Crippen LogP contribution in [0.2, 0.25) is 0 Å². The molecule has 0 radical (unpaired) electrons. The Labute approximate surface area is 108 Å². The van der Waals surface area contributed by atoms with Gasteiger partial charge in [-0.25, -0.2) is 4.98 Å². The van der Waals surface area contributed by atoms with Crippen molar-refractivity contribution in [2.24, 2.45) is 0 Å². The van der Waals surface area contributed by atoms with Gasteiger partial charge in [0.05, 0.1) is 16.3 Å². The predicted octanol–water partition coefficient (Wildman–Crippen LogP) is 2.96. The quantitative estimate of drug-likeness (QED) is 0.822. The van der Waals surface area contributed by atoms with Crippen molar-refractivity contribution in [3.8, 4) is 0 Å². The summed E-state index contributed by atoms with van der Waals surface area (Å²) in [6, 6.07) is 0.254. The first-order valence-corrected chi connectivity index (χ1v) is 7.07. The highest BCUT2D eigenvalue weighted by molar-refractivity contribution is 7.11. The Balaban J connectivity index is 2.55. The molecular formula is C13H24N2OS. The van der Waals surface area contributed by atoms with Crippen molar-refractivity contribution in [1.82, 2.24) is 10.3 Å². The Morgan fingerprint density at radius 3 is 2.59 bits per heavy atom. The van der Waals surface area contributed by atoms with Crippen LogP contribution in [-0.2, 0) is 0 Å². The fourth-order valence-electron chi connectivity index (χ4n) is 2.04. The summed E-state index contributed by atoms with van der Waals surface area (Å²) in [5.41, 5.74) is 0.485. The first kappa shape index (κ1) is 14.6. The molecule has 4 heteroatoms. The van der Waals surface area contributed by atoms with Crippen molar-refractivity contribution < 1.29 is 5.11 Å². The van der Waals surface area contributed by atoms with Crippen molar-refractivity contribution in [3.05, 3.63) is 15.6 Å². The average Bonchev–Trinajstić information content (AvgIpc) is 2.54. The van der Waals surface area contributed by atoms with Crippen molar-refractivity contribution in [2.75, 3.05) is 6.54 Å². The molecule has 1 aromatic heterocycles. The molecule has 0 aliphatic rings. The molecule has 17 heavy (non-hydrogen) atoms. The lowest BCUT2D eigenvalue weighted by Crippen LogP contribution is -2.38. The zero-order chi connectivity index (χ0) is 13.1. The molecule has 3 nitrogen and oxygen atoms in total. The van der Waals surface area contributed by atoms with Gasteiger partial charge in [-0.1, -0.05) is 13.3 Å². The van der Waals surface area contributed by atoms with E-state index in [-0.39, 0.29) is 6.04 Å². The normalized spacial score (nSPS) is 16.8. The second-order valence-electron chi connectivity index (χ2n) is 5.03. The van der Waals surface area contributed by atoms with Crippen LogP contribution in [0.25, 0.3) is 0 Å². The highest BCUT2D eigenvalue weighted by atomic mass is 32.1. The Bertz CT molecular complexity index is 360. The number of nitrogens with one attached hydrogen (secondary N) is 1. The minimum absolute atomic E-state index is 0.254. The summed E-state index contributed by atoms with van der Waals surface area (Å²) in [6.45, 7) is 10.8. The Hall–Kier alpha value is -0.450. The van der Waals surface area contributed by atoms with E-state index in [1.54, 1.807) is 11.3 Å². The number of aryl methyl sites for hydroxylation is 2. The molecule has 1 heterocycles. The Morgan fingerprint density at radius 2 is 2.12 bits per heavy atom. The number of hydrogen-bond acceptors (Lipinski definition) is 4. The van der Waals surface area contributed by atoms with E-state index in [0.29, 0.717) is 6.54 Å². The van der Waals surface area contributed by atoms with Gasteiger partial charge < -0.3 is 10.4 Å². The van der Waals surface area contributed by atoms with Crippen LogP contribution < -0.4 is 5.32 Å². The van der Waals surface area contributed by atoms with Gasteiger partial charge in [-0.05, 0) is 34.1 Å². The lowest BCUT2D eigenvalue weighted by molar-refractivity contribution is 0.0477. The van der Waals surface area contributed by atoms with E-state index in [0.717, 1.165) is 23.5 Å². The summed E-state index contributed by atoms with van der Waals surface area (Å²) in [7, 11) is 0. The molecule has 2 N–H and O–H groups in total. The van der Waals surface area contributed by atoms with E-state index in [4.69, 9.17) is 0 Å². The molecule has 0 saturated carbocycles. The summed E-state index contributed by atoms with van der Waals surface area (Å²) >= 11 is 1.73. The van der Waals surface area contributed by atoms with Gasteiger partial charge in [-0.2, -0.15) is 0 Å². The van der Waals surface area contributed by atoms with Gasteiger partial charge in [0.2, 0.25) is 0 Å². The number of aliphatic hydroxyl groups is 1. The standard InChI is InChI=1S/C13H24N2OS/c1-6-7-13(5,16)8-14-9(2)12-10(3)15-11(4)17-12/h9,14,16H,6-8H2,1-5H3. The van der Waals surface area contributed by atoms with E-state index in [1.165, 1.54) is 4.88 Å². The highest BCUT2D eigenvalue weighted by Crippen LogP contribution is 2.24. The van der Waals surface area contributed by atoms with Crippen molar-refractivity contribution in [3.63, 3.8) is 0 Å². The fourth-order valence-corrected chi connectivity index (χ4v) is 3.00. The zero-order valence-electron chi connectivity index (χ0n) is 11.5. The third kappa shape index (κ3) is 4.37. The molecule has 0 saturated heterocycles. The fraction of sp³-hybridized carbons (Fsp3) is 0.769. The molecule has 0 amide bonds. The zero-order valence-corrected chi connectivity index (χ0v) is 12.3. The maximum absolute atomic E-state index is 10.1.